The van der Waals surface area contributed by atoms with Crippen LogP contribution in [0.3, 0.4) is 0 Å². The predicted molar refractivity (Wildman–Crippen MR) is 71.0 cm³/mol. The Morgan fingerprint density at radius 2 is 2.06 bits per heavy atom. The first-order valence-electron chi connectivity index (χ1n) is 6.02. The van der Waals surface area contributed by atoms with Crippen LogP contribution in [0.15, 0.2) is 12.1 Å². The number of nitrogens with two attached hydrogens (primary N) is 1. The summed E-state index contributed by atoms with van der Waals surface area (Å²) in [6, 6.07) is 3.37. The average Bonchev–Trinajstić information content (AvgIpc) is 2.26. The third-order valence-corrected chi connectivity index (χ3v) is 2.97. The van der Waals surface area contributed by atoms with Crippen molar-refractivity contribution < 1.29 is 14.6 Å². The Labute approximate surface area is 108 Å². The highest BCUT2D eigenvalue weighted by Gasteiger charge is 2.16. The molecule has 18 heavy (non-hydrogen) atoms. The summed E-state index contributed by atoms with van der Waals surface area (Å²) in [5, 5.41) is 8.79. The van der Waals surface area contributed by atoms with Gasteiger partial charge < -0.3 is 15.6 Å². The molecule has 100 valence electrons. The van der Waals surface area contributed by atoms with Crippen LogP contribution in [0, 0.1) is 6.92 Å². The third kappa shape index (κ3) is 3.23. The van der Waals surface area contributed by atoms with Crippen molar-refractivity contribution in [1.29, 1.82) is 0 Å². The number of carbonyl (C=O) groups is 1. The van der Waals surface area contributed by atoms with Gasteiger partial charge in [-0.2, -0.15) is 0 Å². The Balaban J connectivity index is 3.20. The van der Waals surface area contributed by atoms with Crippen LogP contribution < -0.4 is 10.5 Å². The molecule has 1 atom stereocenters. The largest absolute Gasteiger partial charge is 0.496 e. The van der Waals surface area contributed by atoms with E-state index in [0.717, 1.165) is 22.4 Å². The molecule has 0 aliphatic carbocycles. The minimum absolute atomic E-state index is 0.0662. The quantitative estimate of drug-likeness (QED) is 0.843. The molecule has 0 aromatic heterocycles. The number of benzene rings is 1. The maximum atomic E-state index is 10.7. The van der Waals surface area contributed by atoms with E-state index in [4.69, 9.17) is 15.6 Å². The third-order valence-electron chi connectivity index (χ3n) is 2.97. The van der Waals surface area contributed by atoms with Crippen molar-refractivity contribution in [2.24, 2.45) is 5.73 Å². The van der Waals surface area contributed by atoms with Crippen LogP contribution >= 0.6 is 0 Å². The van der Waals surface area contributed by atoms with E-state index in [1.807, 2.05) is 19.1 Å². The second kappa shape index (κ2) is 5.87. The average molecular weight is 251 g/mol. The molecule has 4 heteroatoms. The summed E-state index contributed by atoms with van der Waals surface area (Å²) in [6.45, 7) is 6.09. The Kier molecular flexibility index (Phi) is 4.73. The van der Waals surface area contributed by atoms with E-state index in [0.29, 0.717) is 5.92 Å². The normalized spacial score (nSPS) is 12.6. The standard InChI is InChI=1S/C14H21NO3/c1-8(2)11-6-10(12(15)7-13(16)17)5-9(3)14(11)18-4/h5-6,8,12H,7,15H2,1-4H3,(H,16,17). The minimum atomic E-state index is -0.887. The summed E-state index contributed by atoms with van der Waals surface area (Å²) >= 11 is 0. The van der Waals surface area contributed by atoms with Crippen LogP contribution in [0.1, 0.15) is 48.9 Å². The first-order chi connectivity index (χ1) is 8.36. The number of aliphatic carboxylic acids is 1. The molecule has 0 saturated heterocycles. The highest BCUT2D eigenvalue weighted by molar-refractivity contribution is 5.68. The number of hydrogen-bond acceptors (Lipinski definition) is 3. The second-order valence-corrected chi connectivity index (χ2v) is 4.82. The van der Waals surface area contributed by atoms with Gasteiger partial charge in [-0.25, -0.2) is 0 Å². The minimum Gasteiger partial charge on any atom is -0.496 e. The molecule has 0 amide bonds. The van der Waals surface area contributed by atoms with Crippen molar-refractivity contribution in [3.05, 3.63) is 28.8 Å². The molecule has 0 radical (unpaired) electrons. The first-order valence-corrected chi connectivity index (χ1v) is 6.02. The van der Waals surface area contributed by atoms with E-state index in [1.54, 1.807) is 7.11 Å². The van der Waals surface area contributed by atoms with Gasteiger partial charge in [0.25, 0.3) is 0 Å². The molecule has 0 bridgehead atoms. The first kappa shape index (κ1) is 14.5. The monoisotopic (exact) mass is 251 g/mol. The lowest BCUT2D eigenvalue weighted by Gasteiger charge is -2.18. The highest BCUT2D eigenvalue weighted by atomic mass is 16.5. The summed E-state index contributed by atoms with van der Waals surface area (Å²) in [6.07, 6.45) is -0.0662. The number of aryl methyl sites for hydroxylation is 1. The van der Waals surface area contributed by atoms with Gasteiger partial charge in [-0.3, -0.25) is 4.79 Å². The molecule has 0 heterocycles. The zero-order valence-corrected chi connectivity index (χ0v) is 11.4. The molecule has 3 N–H and O–H groups in total. The summed E-state index contributed by atoms with van der Waals surface area (Å²) < 4.78 is 5.40. The van der Waals surface area contributed by atoms with E-state index < -0.39 is 12.0 Å². The Bertz CT molecular complexity index is 441. The number of rotatable bonds is 5. The molecule has 1 rings (SSSR count). The van der Waals surface area contributed by atoms with Gasteiger partial charge in [0.1, 0.15) is 5.75 Å². The van der Waals surface area contributed by atoms with Crippen LogP contribution in [-0.4, -0.2) is 18.2 Å². The molecular formula is C14H21NO3. The van der Waals surface area contributed by atoms with Crippen LogP contribution in [-0.2, 0) is 4.79 Å². The van der Waals surface area contributed by atoms with Gasteiger partial charge >= 0.3 is 5.97 Å². The smallest absolute Gasteiger partial charge is 0.305 e. The van der Waals surface area contributed by atoms with Gasteiger partial charge in [0.2, 0.25) is 0 Å². The number of carboxylic acids is 1. The molecule has 0 aliphatic heterocycles. The van der Waals surface area contributed by atoms with Crippen LogP contribution in [0.4, 0.5) is 0 Å². The molecule has 0 saturated carbocycles. The number of carboxylic acid groups (broad SMARTS) is 1. The predicted octanol–water partition coefficient (Wildman–Crippen LogP) is 2.60. The number of methoxy groups -OCH3 is 1. The molecular weight excluding hydrogens is 230 g/mol. The lowest BCUT2D eigenvalue weighted by atomic mass is 9.93. The van der Waals surface area contributed by atoms with Crippen molar-refractivity contribution in [3.8, 4) is 5.75 Å². The van der Waals surface area contributed by atoms with E-state index in [-0.39, 0.29) is 6.42 Å². The van der Waals surface area contributed by atoms with Gasteiger partial charge in [-0.15, -0.1) is 0 Å². The van der Waals surface area contributed by atoms with E-state index in [2.05, 4.69) is 13.8 Å². The SMILES string of the molecule is COc1c(C)cc(C(N)CC(=O)O)cc1C(C)C. The van der Waals surface area contributed by atoms with Crippen molar-refractivity contribution >= 4 is 5.97 Å². The lowest BCUT2D eigenvalue weighted by molar-refractivity contribution is -0.137. The van der Waals surface area contributed by atoms with Gasteiger partial charge in [-0.05, 0) is 29.5 Å². The van der Waals surface area contributed by atoms with Crippen molar-refractivity contribution in [2.45, 2.75) is 39.2 Å². The Morgan fingerprint density at radius 3 is 2.50 bits per heavy atom. The summed E-state index contributed by atoms with van der Waals surface area (Å²) in [7, 11) is 1.64. The van der Waals surface area contributed by atoms with Crippen molar-refractivity contribution in [3.63, 3.8) is 0 Å². The fourth-order valence-electron chi connectivity index (χ4n) is 2.06. The van der Waals surface area contributed by atoms with Crippen LogP contribution in [0.25, 0.3) is 0 Å². The second-order valence-electron chi connectivity index (χ2n) is 4.82. The zero-order valence-electron chi connectivity index (χ0n) is 11.4. The van der Waals surface area contributed by atoms with Crippen LogP contribution in [0.5, 0.6) is 5.75 Å². The van der Waals surface area contributed by atoms with Gasteiger partial charge in [0, 0.05) is 6.04 Å². The molecule has 0 spiro atoms. The molecule has 0 aliphatic rings. The van der Waals surface area contributed by atoms with Crippen molar-refractivity contribution in [1.82, 2.24) is 0 Å². The Morgan fingerprint density at radius 1 is 1.44 bits per heavy atom. The molecule has 1 aromatic carbocycles. The van der Waals surface area contributed by atoms with Gasteiger partial charge in [0.15, 0.2) is 0 Å². The molecule has 1 aromatic rings. The summed E-state index contributed by atoms with van der Waals surface area (Å²) in [5.41, 5.74) is 8.80. The molecule has 1 unspecified atom stereocenters. The van der Waals surface area contributed by atoms with Gasteiger partial charge in [0.05, 0.1) is 13.5 Å². The number of hydrogen-bond donors (Lipinski definition) is 2. The van der Waals surface area contributed by atoms with E-state index >= 15 is 0 Å². The fraction of sp³-hybridized carbons (Fsp3) is 0.500. The van der Waals surface area contributed by atoms with E-state index in [1.165, 1.54) is 0 Å². The lowest BCUT2D eigenvalue weighted by Crippen LogP contribution is -2.16. The summed E-state index contributed by atoms with van der Waals surface area (Å²) in [4.78, 5) is 10.7. The Hall–Kier alpha value is -1.55. The molecule has 0 fully saturated rings. The summed E-state index contributed by atoms with van der Waals surface area (Å²) in [5.74, 6) is 0.272. The fourth-order valence-corrected chi connectivity index (χ4v) is 2.06. The molecule has 4 nitrogen and oxygen atoms in total. The van der Waals surface area contributed by atoms with Gasteiger partial charge in [-0.1, -0.05) is 26.0 Å². The number of ether oxygens (including phenoxy) is 1. The zero-order chi connectivity index (χ0) is 13.9. The van der Waals surface area contributed by atoms with Crippen LogP contribution in [0.2, 0.25) is 0 Å². The highest BCUT2D eigenvalue weighted by Crippen LogP contribution is 2.33. The maximum absolute atomic E-state index is 10.7. The van der Waals surface area contributed by atoms with E-state index in [9.17, 15) is 4.79 Å². The topological polar surface area (TPSA) is 72.5 Å². The van der Waals surface area contributed by atoms with Crippen molar-refractivity contribution in [2.75, 3.05) is 7.11 Å². The maximum Gasteiger partial charge on any atom is 0.305 e.